The Labute approximate surface area is 152 Å². The van der Waals surface area contributed by atoms with Crippen molar-refractivity contribution in [2.24, 2.45) is 0 Å². The minimum absolute atomic E-state index is 0.116. The molecule has 0 spiro atoms. The summed E-state index contributed by atoms with van der Waals surface area (Å²) in [5, 5.41) is 4.91. The van der Waals surface area contributed by atoms with E-state index in [0.717, 1.165) is 10.5 Å². The molecule has 0 unspecified atom stereocenters. The minimum Gasteiger partial charge on any atom is -0.454 e. The predicted octanol–water partition coefficient (Wildman–Crippen LogP) is 4.46. The number of rotatable bonds is 4. The predicted molar refractivity (Wildman–Crippen MR) is 101 cm³/mol. The molecular weight excluding hydrogens is 334 g/mol. The number of nitrogens with one attached hydrogen (secondary N) is 1. The molecule has 1 N–H and O–H groups in total. The van der Waals surface area contributed by atoms with Crippen LogP contribution in [0.4, 0.5) is 0 Å². The highest BCUT2D eigenvalue weighted by Crippen LogP contribution is 2.35. The lowest BCUT2D eigenvalue weighted by molar-refractivity contribution is -0.116. The van der Waals surface area contributed by atoms with E-state index in [2.05, 4.69) is 5.32 Å². The number of thioether (sulfide) groups is 1. The molecule has 1 heterocycles. The average Bonchev–Trinajstić information content (AvgIpc) is 3.02. The quantitative estimate of drug-likeness (QED) is 0.650. The average molecular weight is 355 g/mol. The maximum atomic E-state index is 12.8. The molecule has 1 aliphatic rings. The summed E-state index contributed by atoms with van der Waals surface area (Å²) in [4.78, 5) is 13.9. The van der Waals surface area contributed by atoms with Gasteiger partial charge in [0.1, 0.15) is 0 Å². The molecule has 1 amide bonds. The van der Waals surface area contributed by atoms with Gasteiger partial charge in [-0.05, 0) is 56.0 Å². The molecule has 25 heavy (non-hydrogen) atoms. The van der Waals surface area contributed by atoms with Gasteiger partial charge in [0.05, 0.1) is 5.57 Å². The van der Waals surface area contributed by atoms with Crippen LogP contribution in [-0.2, 0) is 4.79 Å². The van der Waals surface area contributed by atoms with Gasteiger partial charge in [0, 0.05) is 10.4 Å². The third kappa shape index (κ3) is 4.57. The van der Waals surface area contributed by atoms with Crippen LogP contribution in [0, 0.1) is 0 Å². The molecule has 2 aromatic rings. The van der Waals surface area contributed by atoms with E-state index < -0.39 is 0 Å². The Morgan fingerprint density at radius 3 is 2.52 bits per heavy atom. The summed E-state index contributed by atoms with van der Waals surface area (Å²) in [6.45, 7) is 6.11. The van der Waals surface area contributed by atoms with Crippen LogP contribution >= 0.6 is 11.8 Å². The van der Waals surface area contributed by atoms with Crippen LogP contribution < -0.4 is 14.8 Å². The zero-order valence-electron chi connectivity index (χ0n) is 14.5. The van der Waals surface area contributed by atoms with Crippen molar-refractivity contribution in [1.82, 2.24) is 5.32 Å². The lowest BCUT2D eigenvalue weighted by Gasteiger charge is -2.21. The van der Waals surface area contributed by atoms with E-state index in [1.165, 1.54) is 11.8 Å². The third-order valence-electron chi connectivity index (χ3n) is 3.47. The molecule has 3 rings (SSSR count). The lowest BCUT2D eigenvalue weighted by Crippen LogP contribution is -2.40. The summed E-state index contributed by atoms with van der Waals surface area (Å²) in [5.74, 6) is 1.25. The number of ether oxygens (including phenoxy) is 2. The maximum absolute atomic E-state index is 12.8. The highest BCUT2D eigenvalue weighted by molar-refractivity contribution is 8.02. The zero-order chi connectivity index (χ0) is 17.9. The minimum atomic E-state index is -0.316. The number of hydrogen-bond acceptors (Lipinski definition) is 4. The molecule has 0 radical (unpaired) electrons. The smallest absolute Gasteiger partial charge is 0.252 e. The van der Waals surface area contributed by atoms with E-state index in [0.29, 0.717) is 17.1 Å². The van der Waals surface area contributed by atoms with Gasteiger partial charge >= 0.3 is 0 Å². The molecule has 2 aromatic carbocycles. The normalized spacial score (nSPS) is 13.6. The number of carbonyl (C=O) groups is 1. The second-order valence-electron chi connectivity index (χ2n) is 6.73. The van der Waals surface area contributed by atoms with Gasteiger partial charge in [0.2, 0.25) is 6.79 Å². The first-order valence-corrected chi connectivity index (χ1v) is 8.95. The summed E-state index contributed by atoms with van der Waals surface area (Å²) >= 11 is 1.52. The Morgan fingerprint density at radius 1 is 1.08 bits per heavy atom. The second kappa shape index (κ2) is 7.23. The first-order chi connectivity index (χ1) is 11.9. The van der Waals surface area contributed by atoms with E-state index >= 15 is 0 Å². The number of amides is 1. The third-order valence-corrected chi connectivity index (χ3v) is 4.37. The van der Waals surface area contributed by atoms with Crippen LogP contribution in [0.2, 0.25) is 0 Å². The molecule has 0 bridgehead atoms. The monoisotopic (exact) mass is 355 g/mol. The van der Waals surface area contributed by atoms with Crippen LogP contribution in [0.5, 0.6) is 11.5 Å². The molecule has 0 aromatic heterocycles. The number of fused-ring (bicyclic) bond motifs is 1. The molecule has 0 aliphatic carbocycles. The fourth-order valence-corrected chi connectivity index (χ4v) is 3.16. The van der Waals surface area contributed by atoms with Crippen molar-refractivity contribution in [3.8, 4) is 11.5 Å². The Bertz CT molecular complexity index is 794. The Hall–Kier alpha value is -2.40. The van der Waals surface area contributed by atoms with Crippen LogP contribution in [0.25, 0.3) is 5.57 Å². The Morgan fingerprint density at radius 2 is 1.80 bits per heavy atom. The number of carbonyl (C=O) groups excluding carboxylic acids is 1. The van der Waals surface area contributed by atoms with Gasteiger partial charge in [-0.1, -0.05) is 36.0 Å². The summed E-state index contributed by atoms with van der Waals surface area (Å²) in [5.41, 5.74) is 1.08. The van der Waals surface area contributed by atoms with Crippen molar-refractivity contribution in [2.75, 3.05) is 6.79 Å². The van der Waals surface area contributed by atoms with E-state index in [1.807, 2.05) is 74.7 Å². The molecule has 1 aliphatic heterocycles. The van der Waals surface area contributed by atoms with Gasteiger partial charge in [-0.2, -0.15) is 0 Å². The summed E-state index contributed by atoms with van der Waals surface area (Å²) in [7, 11) is 0. The molecule has 0 atom stereocenters. The van der Waals surface area contributed by atoms with Gasteiger partial charge in [0.15, 0.2) is 11.5 Å². The molecule has 130 valence electrons. The van der Waals surface area contributed by atoms with Crippen LogP contribution in [0.1, 0.15) is 26.3 Å². The van der Waals surface area contributed by atoms with E-state index in [1.54, 1.807) is 0 Å². The fraction of sp³-hybridized carbons (Fsp3) is 0.250. The second-order valence-corrected chi connectivity index (χ2v) is 7.68. The highest BCUT2D eigenvalue weighted by atomic mass is 32.2. The molecule has 0 fully saturated rings. The van der Waals surface area contributed by atoms with E-state index in [9.17, 15) is 4.79 Å². The first kappa shape index (κ1) is 17.4. The van der Waals surface area contributed by atoms with E-state index in [-0.39, 0.29) is 18.2 Å². The first-order valence-electron chi connectivity index (χ1n) is 8.07. The highest BCUT2D eigenvalue weighted by Gasteiger charge is 2.21. The SMILES string of the molecule is CC(C)(C)NC(=O)/C(=C\Sc1ccccc1)c1ccc2c(c1)OCO2. The van der Waals surface area contributed by atoms with Crippen LogP contribution in [-0.4, -0.2) is 18.2 Å². The van der Waals surface area contributed by atoms with Gasteiger partial charge in [0.25, 0.3) is 5.91 Å². The van der Waals surface area contributed by atoms with Crippen molar-refractivity contribution >= 4 is 23.2 Å². The largest absolute Gasteiger partial charge is 0.454 e. The van der Waals surface area contributed by atoms with Gasteiger partial charge in [-0.15, -0.1) is 0 Å². The van der Waals surface area contributed by atoms with Crippen molar-refractivity contribution in [1.29, 1.82) is 0 Å². The van der Waals surface area contributed by atoms with Crippen LogP contribution in [0.15, 0.2) is 58.8 Å². The molecule has 0 saturated carbocycles. The van der Waals surface area contributed by atoms with Gasteiger partial charge in [-0.3, -0.25) is 4.79 Å². The number of hydrogen-bond donors (Lipinski definition) is 1. The summed E-state index contributed by atoms with van der Waals surface area (Å²) < 4.78 is 10.8. The van der Waals surface area contributed by atoms with Gasteiger partial charge < -0.3 is 14.8 Å². The zero-order valence-corrected chi connectivity index (χ0v) is 15.4. The lowest BCUT2D eigenvalue weighted by atomic mass is 10.0. The fourth-order valence-electron chi connectivity index (χ4n) is 2.35. The molecule has 5 heteroatoms. The van der Waals surface area contributed by atoms with Gasteiger partial charge in [-0.25, -0.2) is 0 Å². The number of benzene rings is 2. The topological polar surface area (TPSA) is 47.6 Å². The molecule has 0 saturated heterocycles. The Balaban J connectivity index is 1.92. The maximum Gasteiger partial charge on any atom is 0.252 e. The van der Waals surface area contributed by atoms with Crippen molar-refractivity contribution in [3.63, 3.8) is 0 Å². The standard InChI is InChI=1S/C20H21NO3S/c1-20(2,3)21-19(22)16(12-25-15-7-5-4-6-8-15)14-9-10-17-18(11-14)24-13-23-17/h4-12H,13H2,1-3H3,(H,21,22)/b16-12-. The van der Waals surface area contributed by atoms with Crippen molar-refractivity contribution < 1.29 is 14.3 Å². The summed E-state index contributed by atoms with van der Waals surface area (Å²) in [6, 6.07) is 15.5. The van der Waals surface area contributed by atoms with Crippen molar-refractivity contribution in [2.45, 2.75) is 31.2 Å². The van der Waals surface area contributed by atoms with E-state index in [4.69, 9.17) is 9.47 Å². The summed E-state index contributed by atoms with van der Waals surface area (Å²) in [6.07, 6.45) is 0. The molecular formula is C20H21NO3S. The van der Waals surface area contributed by atoms with Crippen molar-refractivity contribution in [3.05, 3.63) is 59.5 Å². The van der Waals surface area contributed by atoms with Crippen LogP contribution in [0.3, 0.4) is 0 Å². The molecule has 4 nitrogen and oxygen atoms in total. The Kier molecular flexibility index (Phi) is 5.04.